The van der Waals surface area contributed by atoms with Crippen molar-refractivity contribution in [1.29, 1.82) is 5.26 Å². The highest BCUT2D eigenvalue weighted by atomic mass is 19.1. The van der Waals surface area contributed by atoms with Crippen LogP contribution in [0.1, 0.15) is 0 Å². The SMILES string of the molecule is N#CCOc1c[c]ncc1F. The van der Waals surface area contributed by atoms with Crippen LogP contribution in [0.5, 0.6) is 5.75 Å². The molecule has 1 aromatic heterocycles. The highest BCUT2D eigenvalue weighted by Crippen LogP contribution is 2.12. The van der Waals surface area contributed by atoms with E-state index >= 15 is 0 Å². The molecule has 0 aliphatic carbocycles. The maximum atomic E-state index is 12.6. The minimum absolute atomic E-state index is 0.00144. The first-order valence-electron chi connectivity index (χ1n) is 2.86. The molecule has 0 unspecified atom stereocenters. The average molecular weight is 151 g/mol. The van der Waals surface area contributed by atoms with Gasteiger partial charge in [-0.1, -0.05) is 0 Å². The zero-order valence-electron chi connectivity index (χ0n) is 5.54. The van der Waals surface area contributed by atoms with E-state index in [9.17, 15) is 4.39 Å². The van der Waals surface area contributed by atoms with Crippen LogP contribution in [0, 0.1) is 23.3 Å². The van der Waals surface area contributed by atoms with Gasteiger partial charge in [0, 0.05) is 6.07 Å². The molecule has 0 aliphatic rings. The summed E-state index contributed by atoms with van der Waals surface area (Å²) in [7, 11) is 0. The van der Waals surface area contributed by atoms with Crippen LogP contribution < -0.4 is 4.74 Å². The molecule has 1 heterocycles. The lowest BCUT2D eigenvalue weighted by molar-refractivity contribution is 0.345. The molecular weight excluding hydrogens is 147 g/mol. The van der Waals surface area contributed by atoms with Gasteiger partial charge in [-0.15, -0.1) is 0 Å². The molecule has 0 amide bonds. The molecule has 55 valence electrons. The Morgan fingerprint density at radius 2 is 2.64 bits per heavy atom. The summed E-state index contributed by atoms with van der Waals surface area (Å²) in [6.07, 6.45) is 3.37. The smallest absolute Gasteiger partial charge is 0.183 e. The fourth-order valence-corrected chi connectivity index (χ4v) is 0.543. The topological polar surface area (TPSA) is 45.9 Å². The molecule has 11 heavy (non-hydrogen) atoms. The van der Waals surface area contributed by atoms with Crippen molar-refractivity contribution in [3.63, 3.8) is 0 Å². The quantitative estimate of drug-likeness (QED) is 0.631. The summed E-state index contributed by atoms with van der Waals surface area (Å²) in [6, 6.07) is 2.96. The molecule has 1 rings (SSSR count). The van der Waals surface area contributed by atoms with Gasteiger partial charge in [0.2, 0.25) is 0 Å². The lowest BCUT2D eigenvalue weighted by Crippen LogP contribution is -1.96. The zero-order valence-corrected chi connectivity index (χ0v) is 5.54. The summed E-state index contributed by atoms with van der Waals surface area (Å²) < 4.78 is 17.3. The summed E-state index contributed by atoms with van der Waals surface area (Å²) in [5.74, 6) is -0.583. The number of halogens is 1. The fraction of sp³-hybridized carbons (Fsp3) is 0.143. The van der Waals surface area contributed by atoms with Crippen molar-refractivity contribution < 1.29 is 9.13 Å². The Bertz CT molecular complexity index is 282. The van der Waals surface area contributed by atoms with E-state index in [1.54, 1.807) is 6.07 Å². The van der Waals surface area contributed by atoms with Gasteiger partial charge in [-0.05, 0) is 0 Å². The lowest BCUT2D eigenvalue weighted by Gasteiger charge is -1.99. The van der Waals surface area contributed by atoms with Gasteiger partial charge in [-0.2, -0.15) is 5.26 Å². The largest absolute Gasteiger partial charge is 0.476 e. The first kappa shape index (κ1) is 7.48. The summed E-state index contributed by atoms with van der Waals surface area (Å²) in [5.41, 5.74) is 0. The molecular formula is C7H4FN2O. The third kappa shape index (κ3) is 1.90. The maximum Gasteiger partial charge on any atom is 0.183 e. The monoisotopic (exact) mass is 151 g/mol. The van der Waals surface area contributed by atoms with Gasteiger partial charge in [0.1, 0.15) is 6.07 Å². The van der Waals surface area contributed by atoms with Crippen molar-refractivity contribution in [2.45, 2.75) is 0 Å². The van der Waals surface area contributed by atoms with E-state index in [2.05, 4.69) is 15.9 Å². The van der Waals surface area contributed by atoms with E-state index in [0.717, 1.165) is 6.20 Å². The normalized spacial score (nSPS) is 8.73. The summed E-state index contributed by atoms with van der Waals surface area (Å²) in [6.45, 7) is -0.172. The Morgan fingerprint density at radius 3 is 3.27 bits per heavy atom. The van der Waals surface area contributed by atoms with Gasteiger partial charge >= 0.3 is 0 Å². The summed E-state index contributed by atoms with van der Waals surface area (Å²) in [4.78, 5) is 3.39. The van der Waals surface area contributed by atoms with E-state index in [0.29, 0.717) is 0 Å². The Kier molecular flexibility index (Phi) is 2.39. The number of hydrogen-bond donors (Lipinski definition) is 0. The molecule has 1 radical (unpaired) electrons. The van der Waals surface area contributed by atoms with Crippen molar-refractivity contribution in [3.8, 4) is 11.8 Å². The molecule has 3 nitrogen and oxygen atoms in total. The van der Waals surface area contributed by atoms with Gasteiger partial charge < -0.3 is 4.74 Å². The number of aromatic nitrogens is 1. The zero-order chi connectivity index (χ0) is 8.10. The van der Waals surface area contributed by atoms with Crippen molar-refractivity contribution in [3.05, 3.63) is 24.3 Å². The Hall–Kier alpha value is -1.63. The Balaban J connectivity index is 2.71. The van der Waals surface area contributed by atoms with Crippen molar-refractivity contribution in [2.75, 3.05) is 6.61 Å². The van der Waals surface area contributed by atoms with Crippen LogP contribution in [0.15, 0.2) is 12.3 Å². The predicted molar refractivity (Wildman–Crippen MR) is 34.1 cm³/mol. The number of rotatable bonds is 2. The first-order valence-corrected chi connectivity index (χ1v) is 2.86. The molecule has 0 fully saturated rings. The van der Waals surface area contributed by atoms with Crippen LogP contribution in [0.4, 0.5) is 4.39 Å². The maximum absolute atomic E-state index is 12.6. The molecule has 0 bridgehead atoms. The highest BCUT2D eigenvalue weighted by molar-refractivity contribution is 5.19. The second kappa shape index (κ2) is 3.52. The molecule has 0 saturated carbocycles. The first-order chi connectivity index (χ1) is 5.34. The lowest BCUT2D eigenvalue weighted by atomic mass is 10.4. The van der Waals surface area contributed by atoms with E-state index in [4.69, 9.17) is 5.26 Å². The van der Waals surface area contributed by atoms with Crippen molar-refractivity contribution >= 4 is 0 Å². The van der Waals surface area contributed by atoms with Gasteiger partial charge in [0.05, 0.1) is 12.4 Å². The second-order valence-corrected chi connectivity index (χ2v) is 1.69. The van der Waals surface area contributed by atoms with Gasteiger partial charge in [-0.3, -0.25) is 4.98 Å². The van der Waals surface area contributed by atoms with Crippen LogP contribution >= 0.6 is 0 Å². The summed E-state index contributed by atoms with van der Waals surface area (Å²) in [5, 5.41) is 8.10. The molecule has 0 saturated heterocycles. The van der Waals surface area contributed by atoms with Crippen LogP contribution in [0.2, 0.25) is 0 Å². The van der Waals surface area contributed by atoms with E-state index < -0.39 is 5.82 Å². The average Bonchev–Trinajstić information content (AvgIpc) is 2.03. The fourth-order valence-electron chi connectivity index (χ4n) is 0.543. The molecule has 4 heteroatoms. The summed E-state index contributed by atoms with van der Waals surface area (Å²) >= 11 is 0. The third-order valence-corrected chi connectivity index (χ3v) is 0.976. The highest BCUT2D eigenvalue weighted by Gasteiger charge is 2.00. The number of pyridine rings is 1. The number of nitriles is 1. The van der Waals surface area contributed by atoms with Crippen LogP contribution in [-0.2, 0) is 0 Å². The molecule has 0 spiro atoms. The third-order valence-electron chi connectivity index (χ3n) is 0.976. The molecule has 0 aliphatic heterocycles. The Labute approximate surface area is 63.1 Å². The molecule has 0 N–H and O–H groups in total. The minimum atomic E-state index is -0.584. The van der Waals surface area contributed by atoms with Crippen molar-refractivity contribution in [2.24, 2.45) is 0 Å². The van der Waals surface area contributed by atoms with E-state index in [1.807, 2.05) is 0 Å². The van der Waals surface area contributed by atoms with Gasteiger partial charge in [0.15, 0.2) is 18.2 Å². The second-order valence-electron chi connectivity index (χ2n) is 1.69. The number of nitrogens with zero attached hydrogens (tertiary/aromatic N) is 2. The van der Waals surface area contributed by atoms with Crippen LogP contribution in [0.25, 0.3) is 0 Å². The van der Waals surface area contributed by atoms with Crippen LogP contribution in [0.3, 0.4) is 0 Å². The van der Waals surface area contributed by atoms with E-state index in [1.165, 1.54) is 6.07 Å². The molecule has 1 aromatic rings. The number of hydrogen-bond acceptors (Lipinski definition) is 3. The molecule has 0 atom stereocenters. The van der Waals surface area contributed by atoms with Gasteiger partial charge in [0.25, 0.3) is 0 Å². The van der Waals surface area contributed by atoms with Crippen LogP contribution in [-0.4, -0.2) is 11.6 Å². The minimum Gasteiger partial charge on any atom is -0.476 e. The predicted octanol–water partition coefficient (Wildman–Crippen LogP) is 0.923. The number of ether oxygens (including phenoxy) is 1. The van der Waals surface area contributed by atoms with Crippen molar-refractivity contribution in [1.82, 2.24) is 4.98 Å². The standard InChI is InChI=1S/C7H4FN2O/c8-6-5-10-3-1-7(6)11-4-2-9/h1,5H,4H2. The Morgan fingerprint density at radius 1 is 1.82 bits per heavy atom. The van der Waals surface area contributed by atoms with E-state index in [-0.39, 0.29) is 12.4 Å². The van der Waals surface area contributed by atoms with Gasteiger partial charge in [-0.25, -0.2) is 4.39 Å². The molecule has 0 aromatic carbocycles.